The predicted octanol–water partition coefficient (Wildman–Crippen LogP) is 2.00. The molecule has 1 atom stereocenters. The fourth-order valence-electron chi connectivity index (χ4n) is 3.14. The van der Waals surface area contributed by atoms with E-state index in [0.717, 1.165) is 16.9 Å². The van der Waals surface area contributed by atoms with Crippen molar-refractivity contribution in [2.24, 2.45) is 0 Å². The van der Waals surface area contributed by atoms with E-state index in [1.165, 1.54) is 17.8 Å². The van der Waals surface area contributed by atoms with Crippen LogP contribution in [0.25, 0.3) is 10.9 Å². The molecule has 8 nitrogen and oxygen atoms in total. The van der Waals surface area contributed by atoms with Gasteiger partial charge in [-0.1, -0.05) is 24.3 Å². The molecule has 1 N–H and O–H groups in total. The SMILES string of the molecule is COc1ccc(CCNC(=O)C(C)OC(=O)Cn2cnc3c(C)cccc3c2=O)cc1. The van der Waals surface area contributed by atoms with Crippen LogP contribution < -0.4 is 15.6 Å². The summed E-state index contributed by atoms with van der Waals surface area (Å²) in [6, 6.07) is 12.8. The molecule has 3 rings (SSSR count). The molecular weight excluding hydrogens is 398 g/mol. The van der Waals surface area contributed by atoms with Crippen LogP contribution in [0.4, 0.5) is 0 Å². The second-order valence-electron chi connectivity index (χ2n) is 7.17. The lowest BCUT2D eigenvalue weighted by molar-refractivity contribution is -0.155. The summed E-state index contributed by atoms with van der Waals surface area (Å²) >= 11 is 0. The molecule has 0 saturated carbocycles. The number of amides is 1. The molecule has 1 amide bonds. The van der Waals surface area contributed by atoms with Crippen LogP contribution in [-0.2, 0) is 27.3 Å². The van der Waals surface area contributed by atoms with Gasteiger partial charge in [-0.3, -0.25) is 19.0 Å². The Labute approximate surface area is 179 Å². The topological polar surface area (TPSA) is 99.5 Å². The monoisotopic (exact) mass is 423 g/mol. The Hall–Kier alpha value is -3.68. The number of nitrogens with one attached hydrogen (secondary N) is 1. The molecule has 2 aromatic carbocycles. The average molecular weight is 423 g/mol. The Morgan fingerprint density at radius 3 is 2.61 bits per heavy atom. The molecule has 1 heterocycles. The molecule has 0 fully saturated rings. The van der Waals surface area contributed by atoms with Gasteiger partial charge in [0.15, 0.2) is 6.10 Å². The number of hydrogen-bond donors (Lipinski definition) is 1. The third-order valence-corrected chi connectivity index (χ3v) is 4.90. The summed E-state index contributed by atoms with van der Waals surface area (Å²) in [6.07, 6.45) is 0.974. The highest BCUT2D eigenvalue weighted by atomic mass is 16.5. The van der Waals surface area contributed by atoms with Crippen LogP contribution in [-0.4, -0.2) is 41.2 Å². The maximum absolute atomic E-state index is 12.6. The maximum atomic E-state index is 12.6. The van der Waals surface area contributed by atoms with Crippen LogP contribution >= 0.6 is 0 Å². The first kappa shape index (κ1) is 22.0. The Morgan fingerprint density at radius 1 is 1.16 bits per heavy atom. The van der Waals surface area contributed by atoms with Crippen molar-refractivity contribution >= 4 is 22.8 Å². The van der Waals surface area contributed by atoms with Gasteiger partial charge >= 0.3 is 5.97 Å². The summed E-state index contributed by atoms with van der Waals surface area (Å²) in [5, 5.41) is 3.17. The third-order valence-electron chi connectivity index (χ3n) is 4.90. The van der Waals surface area contributed by atoms with Crippen molar-refractivity contribution in [2.75, 3.05) is 13.7 Å². The van der Waals surface area contributed by atoms with Gasteiger partial charge in [0.05, 0.1) is 24.3 Å². The van der Waals surface area contributed by atoms with E-state index in [0.29, 0.717) is 23.9 Å². The van der Waals surface area contributed by atoms with Gasteiger partial charge in [0, 0.05) is 6.54 Å². The van der Waals surface area contributed by atoms with Crippen LogP contribution in [0.5, 0.6) is 5.75 Å². The van der Waals surface area contributed by atoms with E-state index in [1.54, 1.807) is 19.2 Å². The Balaban J connectivity index is 1.51. The number of aryl methyl sites for hydroxylation is 1. The van der Waals surface area contributed by atoms with Crippen molar-refractivity contribution in [1.29, 1.82) is 0 Å². The fourth-order valence-corrected chi connectivity index (χ4v) is 3.14. The number of hydrogen-bond acceptors (Lipinski definition) is 6. The lowest BCUT2D eigenvalue weighted by Gasteiger charge is -2.14. The summed E-state index contributed by atoms with van der Waals surface area (Å²) in [6.45, 7) is 3.44. The van der Waals surface area contributed by atoms with E-state index >= 15 is 0 Å². The minimum absolute atomic E-state index is 0.320. The molecule has 0 aliphatic heterocycles. The van der Waals surface area contributed by atoms with Crippen molar-refractivity contribution < 1.29 is 19.1 Å². The molecule has 0 bridgehead atoms. The van der Waals surface area contributed by atoms with Crippen LogP contribution in [0.2, 0.25) is 0 Å². The Morgan fingerprint density at radius 2 is 1.90 bits per heavy atom. The Bertz CT molecular complexity index is 1140. The van der Waals surface area contributed by atoms with Gasteiger partial charge in [0.1, 0.15) is 12.3 Å². The first-order valence-corrected chi connectivity index (χ1v) is 9.94. The smallest absolute Gasteiger partial charge is 0.326 e. The number of aromatic nitrogens is 2. The summed E-state index contributed by atoms with van der Waals surface area (Å²) in [7, 11) is 1.60. The fraction of sp³-hybridized carbons (Fsp3) is 0.304. The van der Waals surface area contributed by atoms with Crippen molar-refractivity contribution in [3.05, 3.63) is 70.3 Å². The molecular formula is C23H25N3O5. The second kappa shape index (κ2) is 9.88. The van der Waals surface area contributed by atoms with E-state index in [-0.39, 0.29) is 12.1 Å². The highest BCUT2D eigenvalue weighted by Crippen LogP contribution is 2.12. The van der Waals surface area contributed by atoms with E-state index in [4.69, 9.17) is 9.47 Å². The molecule has 3 aromatic rings. The van der Waals surface area contributed by atoms with E-state index in [1.807, 2.05) is 37.3 Å². The molecule has 0 aliphatic carbocycles. The number of fused-ring (bicyclic) bond motifs is 1. The van der Waals surface area contributed by atoms with Crippen LogP contribution in [0.1, 0.15) is 18.1 Å². The molecule has 1 aromatic heterocycles. The molecule has 0 aliphatic rings. The molecule has 8 heteroatoms. The standard InChI is InChI=1S/C23H25N3O5/c1-15-5-4-6-19-21(15)25-14-26(23(19)29)13-20(27)31-16(2)22(28)24-12-11-17-7-9-18(30-3)10-8-17/h4-10,14,16H,11-13H2,1-3H3,(H,24,28). The zero-order valence-electron chi connectivity index (χ0n) is 17.8. The van der Waals surface area contributed by atoms with Gasteiger partial charge in [-0.2, -0.15) is 0 Å². The lowest BCUT2D eigenvalue weighted by Crippen LogP contribution is -2.38. The van der Waals surface area contributed by atoms with Crippen molar-refractivity contribution in [3.63, 3.8) is 0 Å². The van der Waals surface area contributed by atoms with Crippen molar-refractivity contribution in [1.82, 2.24) is 14.9 Å². The molecule has 1 unspecified atom stereocenters. The number of carbonyl (C=O) groups is 2. The van der Waals surface area contributed by atoms with Gasteiger partial charge < -0.3 is 14.8 Å². The number of benzene rings is 2. The molecule has 0 saturated heterocycles. The quantitative estimate of drug-likeness (QED) is 0.557. The molecule has 162 valence electrons. The molecule has 0 radical (unpaired) electrons. The van der Waals surface area contributed by atoms with Crippen molar-refractivity contribution in [3.8, 4) is 5.75 Å². The van der Waals surface area contributed by atoms with Crippen LogP contribution in [0, 0.1) is 6.92 Å². The number of esters is 1. The number of carbonyl (C=O) groups excluding carboxylic acids is 2. The minimum atomic E-state index is -0.977. The highest BCUT2D eigenvalue weighted by molar-refractivity contribution is 5.83. The average Bonchev–Trinajstić information content (AvgIpc) is 2.76. The largest absolute Gasteiger partial charge is 0.497 e. The van der Waals surface area contributed by atoms with Gasteiger partial charge in [0.25, 0.3) is 11.5 Å². The maximum Gasteiger partial charge on any atom is 0.326 e. The van der Waals surface area contributed by atoms with E-state index in [2.05, 4.69) is 10.3 Å². The number of nitrogens with zero attached hydrogens (tertiary/aromatic N) is 2. The Kier molecular flexibility index (Phi) is 7.02. The first-order chi connectivity index (χ1) is 14.9. The highest BCUT2D eigenvalue weighted by Gasteiger charge is 2.18. The first-order valence-electron chi connectivity index (χ1n) is 9.94. The van der Waals surface area contributed by atoms with Gasteiger partial charge in [-0.15, -0.1) is 0 Å². The van der Waals surface area contributed by atoms with E-state index in [9.17, 15) is 14.4 Å². The number of rotatable bonds is 8. The summed E-state index contributed by atoms with van der Waals surface area (Å²) < 4.78 is 11.5. The number of ether oxygens (including phenoxy) is 2. The number of methoxy groups -OCH3 is 1. The van der Waals surface area contributed by atoms with Crippen LogP contribution in [0.15, 0.2) is 53.6 Å². The summed E-state index contributed by atoms with van der Waals surface area (Å²) in [5.74, 6) is -0.320. The molecule has 0 spiro atoms. The third kappa shape index (κ3) is 5.48. The van der Waals surface area contributed by atoms with Gasteiger partial charge in [-0.05, 0) is 49.6 Å². The zero-order valence-corrected chi connectivity index (χ0v) is 17.8. The lowest BCUT2D eigenvalue weighted by atomic mass is 10.1. The normalized spacial score (nSPS) is 11.7. The predicted molar refractivity (Wildman–Crippen MR) is 116 cm³/mol. The summed E-state index contributed by atoms with van der Waals surface area (Å²) in [5.41, 5.74) is 2.19. The van der Waals surface area contributed by atoms with Gasteiger partial charge in [0.2, 0.25) is 0 Å². The van der Waals surface area contributed by atoms with Crippen LogP contribution in [0.3, 0.4) is 0 Å². The second-order valence-corrected chi connectivity index (χ2v) is 7.17. The van der Waals surface area contributed by atoms with E-state index < -0.39 is 18.0 Å². The summed E-state index contributed by atoms with van der Waals surface area (Å²) in [4.78, 5) is 41.3. The number of para-hydroxylation sites is 1. The zero-order chi connectivity index (χ0) is 22.4. The van der Waals surface area contributed by atoms with Crippen molar-refractivity contribution in [2.45, 2.75) is 32.9 Å². The molecule has 31 heavy (non-hydrogen) atoms. The van der Waals surface area contributed by atoms with Gasteiger partial charge in [-0.25, -0.2) is 4.98 Å². The minimum Gasteiger partial charge on any atom is -0.497 e.